The third-order valence-corrected chi connectivity index (χ3v) is 3.09. The van der Waals surface area contributed by atoms with E-state index in [9.17, 15) is 18.9 Å². The van der Waals surface area contributed by atoms with Crippen LogP contribution in [0.2, 0.25) is 0 Å². The molecule has 1 N–H and O–H groups in total. The first-order valence-electron chi connectivity index (χ1n) is 5.93. The third-order valence-electron chi connectivity index (χ3n) is 2.68. The van der Waals surface area contributed by atoms with Gasteiger partial charge in [0.05, 0.1) is 4.92 Å². The van der Waals surface area contributed by atoms with Crippen LogP contribution in [0.5, 0.6) is 0 Å². The van der Waals surface area contributed by atoms with Gasteiger partial charge in [-0.15, -0.1) is 0 Å². The van der Waals surface area contributed by atoms with E-state index in [-0.39, 0.29) is 5.69 Å². The van der Waals surface area contributed by atoms with Crippen LogP contribution in [-0.4, -0.2) is 13.7 Å². The number of nitrogens with one attached hydrogen (secondary N) is 1. The molecule has 1 atom stereocenters. The smallest absolute Gasteiger partial charge is 0.269 e. The summed E-state index contributed by atoms with van der Waals surface area (Å²) < 4.78 is 23.2. The van der Waals surface area contributed by atoms with E-state index in [1.54, 1.807) is 36.4 Å². The molecule has 21 heavy (non-hydrogen) atoms. The van der Waals surface area contributed by atoms with Crippen molar-refractivity contribution in [2.75, 3.05) is 4.72 Å². The molecule has 0 aliphatic carbocycles. The van der Waals surface area contributed by atoms with Crippen molar-refractivity contribution in [3.05, 3.63) is 69.8 Å². The monoisotopic (exact) mass is 303 g/mol. The van der Waals surface area contributed by atoms with Crippen molar-refractivity contribution >= 4 is 34.8 Å². The lowest BCUT2D eigenvalue weighted by atomic mass is 10.1. The Hall–Kier alpha value is -2.51. The molecular weight excluding hydrogens is 292 g/mol. The molecule has 108 valence electrons. The van der Waals surface area contributed by atoms with Gasteiger partial charge in [-0.3, -0.25) is 14.3 Å². The van der Waals surface area contributed by atoms with E-state index < -0.39 is 16.2 Å². The van der Waals surface area contributed by atoms with Crippen molar-refractivity contribution in [1.29, 1.82) is 0 Å². The van der Waals surface area contributed by atoms with Gasteiger partial charge in [0.2, 0.25) is 0 Å². The van der Waals surface area contributed by atoms with Gasteiger partial charge >= 0.3 is 0 Å². The van der Waals surface area contributed by atoms with Gasteiger partial charge in [0, 0.05) is 29.1 Å². The number of benzene rings is 2. The second-order valence-corrected chi connectivity index (χ2v) is 4.81. The molecule has 0 bridgehead atoms. The Morgan fingerprint density at radius 1 is 0.952 bits per heavy atom. The minimum absolute atomic E-state index is 0.0493. The minimum atomic E-state index is -2.34. The van der Waals surface area contributed by atoms with Crippen molar-refractivity contribution in [3.8, 4) is 0 Å². The van der Waals surface area contributed by atoms with E-state index in [0.717, 1.165) is 11.1 Å². The highest BCUT2D eigenvalue weighted by atomic mass is 32.2. The minimum Gasteiger partial charge on any atom is -0.755 e. The summed E-state index contributed by atoms with van der Waals surface area (Å²) in [5.74, 6) is 0. The quantitative estimate of drug-likeness (QED) is 0.397. The average molecular weight is 303 g/mol. The van der Waals surface area contributed by atoms with E-state index >= 15 is 0 Å². The van der Waals surface area contributed by atoms with Crippen LogP contribution < -0.4 is 4.72 Å². The maximum atomic E-state index is 10.5. The Morgan fingerprint density at radius 2 is 1.43 bits per heavy atom. The van der Waals surface area contributed by atoms with Crippen molar-refractivity contribution in [2.45, 2.75) is 0 Å². The molecule has 6 nitrogen and oxygen atoms in total. The summed E-state index contributed by atoms with van der Waals surface area (Å²) in [6.45, 7) is 0. The Bertz CT molecular complexity index is 681. The van der Waals surface area contributed by atoms with Gasteiger partial charge in [-0.25, -0.2) is 0 Å². The van der Waals surface area contributed by atoms with Crippen molar-refractivity contribution in [2.24, 2.45) is 0 Å². The van der Waals surface area contributed by atoms with Crippen LogP contribution in [0.4, 0.5) is 11.4 Å². The number of anilines is 1. The van der Waals surface area contributed by atoms with Gasteiger partial charge in [-0.1, -0.05) is 24.3 Å². The number of nitro benzene ring substituents is 1. The third kappa shape index (κ3) is 4.51. The molecule has 0 aliphatic rings. The lowest BCUT2D eigenvalue weighted by Gasteiger charge is -2.08. The summed E-state index contributed by atoms with van der Waals surface area (Å²) in [5.41, 5.74) is 2.25. The van der Waals surface area contributed by atoms with Crippen LogP contribution in [0.1, 0.15) is 11.1 Å². The van der Waals surface area contributed by atoms with Crippen LogP contribution in [0.15, 0.2) is 48.5 Å². The fourth-order valence-electron chi connectivity index (χ4n) is 1.66. The van der Waals surface area contributed by atoms with Gasteiger partial charge in [0.1, 0.15) is 0 Å². The molecule has 2 aromatic rings. The zero-order chi connectivity index (χ0) is 15.2. The summed E-state index contributed by atoms with van der Waals surface area (Å²) in [4.78, 5) is 10.1. The predicted octanol–water partition coefficient (Wildman–Crippen LogP) is 2.97. The molecule has 7 heteroatoms. The number of nitro groups is 1. The molecule has 0 aliphatic heterocycles. The molecular formula is C14H11N2O4S-. The van der Waals surface area contributed by atoms with Gasteiger partial charge in [0.15, 0.2) is 0 Å². The maximum Gasteiger partial charge on any atom is 0.269 e. The molecule has 0 aromatic heterocycles. The Balaban J connectivity index is 2.06. The van der Waals surface area contributed by atoms with Crippen LogP contribution in [0.25, 0.3) is 12.2 Å². The predicted molar refractivity (Wildman–Crippen MR) is 81.0 cm³/mol. The number of nitrogens with zero attached hydrogens (tertiary/aromatic N) is 1. The molecule has 0 saturated carbocycles. The maximum absolute atomic E-state index is 10.5. The zero-order valence-corrected chi connectivity index (χ0v) is 11.6. The van der Waals surface area contributed by atoms with Gasteiger partial charge in [-0.2, -0.15) is 0 Å². The zero-order valence-electron chi connectivity index (χ0n) is 10.8. The highest BCUT2D eigenvalue weighted by Gasteiger charge is 2.02. The molecule has 0 heterocycles. The highest BCUT2D eigenvalue weighted by Crippen LogP contribution is 2.15. The fraction of sp³-hybridized carbons (Fsp3) is 0. The number of rotatable bonds is 5. The van der Waals surface area contributed by atoms with Crippen LogP contribution in [-0.2, 0) is 11.3 Å². The first-order valence-corrected chi connectivity index (χ1v) is 7.00. The number of non-ortho nitro benzene ring substituents is 1. The lowest BCUT2D eigenvalue weighted by molar-refractivity contribution is -0.384. The largest absolute Gasteiger partial charge is 0.755 e. The second-order valence-electron chi connectivity index (χ2n) is 4.14. The molecule has 2 aromatic carbocycles. The summed E-state index contributed by atoms with van der Waals surface area (Å²) in [7, 11) is 0. The van der Waals surface area contributed by atoms with Crippen LogP contribution in [0.3, 0.4) is 0 Å². The first-order chi connectivity index (χ1) is 10.0. The highest BCUT2D eigenvalue weighted by molar-refractivity contribution is 7.80. The van der Waals surface area contributed by atoms with E-state index in [4.69, 9.17) is 0 Å². The molecule has 0 saturated heterocycles. The van der Waals surface area contributed by atoms with Crippen molar-refractivity contribution in [1.82, 2.24) is 0 Å². The second kappa shape index (κ2) is 6.78. The molecule has 0 radical (unpaired) electrons. The SMILES string of the molecule is O=[N+]([O-])c1ccc(C=Cc2ccc(NS(=O)[O-])cc2)cc1. The van der Waals surface area contributed by atoms with E-state index in [2.05, 4.69) is 4.72 Å². The van der Waals surface area contributed by atoms with E-state index in [0.29, 0.717) is 5.69 Å². The van der Waals surface area contributed by atoms with Crippen molar-refractivity contribution < 1.29 is 13.7 Å². The van der Waals surface area contributed by atoms with Crippen LogP contribution in [0, 0.1) is 10.1 Å². The van der Waals surface area contributed by atoms with Crippen LogP contribution >= 0.6 is 0 Å². The van der Waals surface area contributed by atoms with E-state index in [1.807, 2.05) is 12.2 Å². The molecule has 2 rings (SSSR count). The Kier molecular flexibility index (Phi) is 4.81. The van der Waals surface area contributed by atoms with Gasteiger partial charge in [-0.05, 0) is 35.4 Å². The molecule has 0 spiro atoms. The number of hydrogen-bond donors (Lipinski definition) is 1. The fourth-order valence-corrected chi connectivity index (χ4v) is 1.99. The first kappa shape index (κ1) is 14.9. The lowest BCUT2D eigenvalue weighted by Crippen LogP contribution is -2.01. The standard InChI is InChI=1S/C14H12N2O4S/c17-16(18)14-9-5-12(6-10-14)2-1-11-3-7-13(8-4-11)15-21(19)20/h1-10,15H,(H,19,20)/p-1. The molecule has 0 fully saturated rings. The summed E-state index contributed by atoms with van der Waals surface area (Å²) in [5, 5.41) is 10.5. The summed E-state index contributed by atoms with van der Waals surface area (Å²) >= 11 is -2.34. The summed E-state index contributed by atoms with van der Waals surface area (Å²) in [6, 6.07) is 13.0. The van der Waals surface area contributed by atoms with Crippen molar-refractivity contribution in [3.63, 3.8) is 0 Å². The topological polar surface area (TPSA) is 95.3 Å². The van der Waals surface area contributed by atoms with E-state index in [1.165, 1.54) is 12.1 Å². The Labute approximate surface area is 123 Å². The summed E-state index contributed by atoms with van der Waals surface area (Å²) in [6.07, 6.45) is 3.65. The van der Waals surface area contributed by atoms with Gasteiger partial charge in [0.25, 0.3) is 5.69 Å². The molecule has 1 unspecified atom stereocenters. The molecule has 0 amide bonds. The van der Waals surface area contributed by atoms with Gasteiger partial charge < -0.3 is 9.27 Å². The average Bonchev–Trinajstić information content (AvgIpc) is 2.46. The normalized spacial score (nSPS) is 12.2. The number of hydrogen-bond acceptors (Lipinski definition) is 4. The Morgan fingerprint density at radius 3 is 1.86 bits per heavy atom.